The van der Waals surface area contributed by atoms with Crippen LogP contribution in [0.3, 0.4) is 0 Å². The van der Waals surface area contributed by atoms with Crippen molar-refractivity contribution < 1.29 is 4.79 Å². The molecule has 0 aromatic carbocycles. The summed E-state index contributed by atoms with van der Waals surface area (Å²) in [5, 5.41) is 18.7. The lowest BCUT2D eigenvalue weighted by atomic mass is 9.70. The van der Waals surface area contributed by atoms with Crippen molar-refractivity contribution in [3.63, 3.8) is 0 Å². The summed E-state index contributed by atoms with van der Waals surface area (Å²) in [5.74, 6) is -0.129. The molecule has 2 aliphatic rings. The zero-order valence-electron chi connectivity index (χ0n) is 11.9. The van der Waals surface area contributed by atoms with E-state index in [9.17, 15) is 10.1 Å². The van der Waals surface area contributed by atoms with Crippen LogP contribution in [-0.2, 0) is 4.79 Å². The highest BCUT2D eigenvalue weighted by atomic mass is 32.2. The molecule has 0 saturated carbocycles. The second-order valence-electron chi connectivity index (χ2n) is 6.09. The Bertz CT molecular complexity index is 589. The van der Waals surface area contributed by atoms with Gasteiger partial charge in [-0.1, -0.05) is 32.5 Å². The van der Waals surface area contributed by atoms with Gasteiger partial charge >= 0.3 is 0 Å². The van der Waals surface area contributed by atoms with Crippen LogP contribution in [0.1, 0.15) is 33.6 Å². The fraction of sp³-hybridized carbons (Fsp3) is 0.600. The molecule has 2 atom stereocenters. The topological polar surface area (TPSA) is 77.0 Å². The van der Waals surface area contributed by atoms with Crippen molar-refractivity contribution in [3.05, 3.63) is 11.3 Å². The van der Waals surface area contributed by atoms with Crippen LogP contribution in [0, 0.1) is 39.9 Å². The molecule has 0 saturated heterocycles. The van der Waals surface area contributed by atoms with Gasteiger partial charge in [0.1, 0.15) is 5.92 Å². The van der Waals surface area contributed by atoms with Crippen molar-refractivity contribution in [2.75, 3.05) is 5.75 Å². The average molecular weight is 287 g/mol. The SMILES string of the molecule is C[C@H]1C2=C(CC(C)(C)CC2=O)N=C(SCC#N)C1C#N. The van der Waals surface area contributed by atoms with Gasteiger partial charge in [-0.15, -0.1) is 0 Å². The summed E-state index contributed by atoms with van der Waals surface area (Å²) in [5.41, 5.74) is 1.48. The highest BCUT2D eigenvalue weighted by Crippen LogP contribution is 2.44. The Labute approximate surface area is 123 Å². The Morgan fingerprint density at radius 2 is 2.10 bits per heavy atom. The van der Waals surface area contributed by atoms with E-state index < -0.39 is 5.92 Å². The van der Waals surface area contributed by atoms with Crippen LogP contribution in [0.25, 0.3) is 0 Å². The number of carbonyl (C=O) groups excluding carboxylic acids is 1. The van der Waals surface area contributed by atoms with E-state index in [2.05, 4.69) is 31.0 Å². The molecule has 104 valence electrons. The molecule has 4 nitrogen and oxygen atoms in total. The molecule has 20 heavy (non-hydrogen) atoms. The van der Waals surface area contributed by atoms with E-state index in [1.807, 2.05) is 6.92 Å². The molecule has 0 radical (unpaired) electrons. The monoisotopic (exact) mass is 287 g/mol. The molecule has 0 amide bonds. The molecule has 0 N–H and O–H groups in total. The van der Waals surface area contributed by atoms with Gasteiger partial charge in [0.2, 0.25) is 0 Å². The van der Waals surface area contributed by atoms with Crippen molar-refractivity contribution >= 4 is 22.6 Å². The van der Waals surface area contributed by atoms with Crippen LogP contribution in [-0.4, -0.2) is 16.6 Å². The van der Waals surface area contributed by atoms with Gasteiger partial charge in [0.25, 0.3) is 0 Å². The van der Waals surface area contributed by atoms with Crippen LogP contribution in [0.5, 0.6) is 0 Å². The molecule has 1 unspecified atom stereocenters. The van der Waals surface area contributed by atoms with Gasteiger partial charge in [0.05, 0.1) is 22.9 Å². The van der Waals surface area contributed by atoms with Gasteiger partial charge in [0.15, 0.2) is 5.78 Å². The van der Waals surface area contributed by atoms with Gasteiger partial charge < -0.3 is 0 Å². The molecule has 0 aromatic rings. The number of rotatable bonds is 1. The maximum absolute atomic E-state index is 12.3. The Morgan fingerprint density at radius 3 is 2.70 bits per heavy atom. The highest BCUT2D eigenvalue weighted by molar-refractivity contribution is 8.14. The fourth-order valence-corrected chi connectivity index (χ4v) is 3.72. The Kier molecular flexibility index (Phi) is 4.01. The molecule has 2 rings (SSSR count). The van der Waals surface area contributed by atoms with Crippen LogP contribution in [0.4, 0.5) is 0 Å². The minimum absolute atomic E-state index is 0.0797. The maximum atomic E-state index is 12.3. The van der Waals surface area contributed by atoms with E-state index >= 15 is 0 Å². The van der Waals surface area contributed by atoms with E-state index in [4.69, 9.17) is 5.26 Å². The minimum Gasteiger partial charge on any atom is -0.294 e. The summed E-state index contributed by atoms with van der Waals surface area (Å²) in [6.45, 7) is 6.04. The fourth-order valence-electron chi connectivity index (χ4n) is 2.90. The number of allylic oxidation sites excluding steroid dienone is 2. The van der Waals surface area contributed by atoms with E-state index in [0.29, 0.717) is 11.5 Å². The molecule has 1 aliphatic heterocycles. The number of ketones is 1. The number of Topliss-reactive ketones (excluding diaryl/α,β-unsaturated/α-hetero) is 1. The largest absolute Gasteiger partial charge is 0.294 e. The average Bonchev–Trinajstić information content (AvgIpc) is 2.34. The van der Waals surface area contributed by atoms with Crippen LogP contribution >= 0.6 is 11.8 Å². The molecule has 1 aliphatic carbocycles. The molecule has 0 fully saturated rings. The molecular weight excluding hydrogens is 270 g/mol. The predicted molar refractivity (Wildman–Crippen MR) is 78.8 cm³/mol. The number of nitriles is 2. The molecule has 0 aromatic heterocycles. The van der Waals surface area contributed by atoms with Crippen molar-refractivity contribution in [2.45, 2.75) is 33.6 Å². The third-order valence-electron chi connectivity index (χ3n) is 3.79. The first kappa shape index (κ1) is 14.8. The zero-order valence-corrected chi connectivity index (χ0v) is 12.8. The standard InChI is InChI=1S/C15H17N3OS/c1-9-10(8-17)14(20-5-4-16)18-11-6-15(2,3)7-12(19)13(9)11/h9-10H,5-7H2,1-3H3/t9-,10?/m1/s1. The van der Waals surface area contributed by atoms with Crippen LogP contribution in [0.15, 0.2) is 16.3 Å². The second kappa shape index (κ2) is 5.42. The number of nitrogens with zero attached hydrogens (tertiary/aromatic N) is 3. The lowest BCUT2D eigenvalue weighted by molar-refractivity contribution is -0.118. The van der Waals surface area contributed by atoms with Crippen molar-refractivity contribution in [2.24, 2.45) is 22.2 Å². The van der Waals surface area contributed by atoms with E-state index in [-0.39, 0.29) is 22.9 Å². The normalized spacial score (nSPS) is 28.2. The van der Waals surface area contributed by atoms with Crippen LogP contribution < -0.4 is 0 Å². The Hall–Kier alpha value is -1.59. The van der Waals surface area contributed by atoms with E-state index in [1.165, 1.54) is 11.8 Å². The molecule has 0 bridgehead atoms. The molecular formula is C15H17N3OS. The first-order valence-corrected chi connectivity index (χ1v) is 7.62. The van der Waals surface area contributed by atoms with Crippen molar-refractivity contribution in [1.82, 2.24) is 0 Å². The second-order valence-corrected chi connectivity index (χ2v) is 7.09. The smallest absolute Gasteiger partial charge is 0.161 e. The van der Waals surface area contributed by atoms with E-state index in [1.54, 1.807) is 0 Å². The van der Waals surface area contributed by atoms with Crippen LogP contribution in [0.2, 0.25) is 0 Å². The van der Waals surface area contributed by atoms with Gasteiger partial charge in [-0.2, -0.15) is 10.5 Å². The van der Waals surface area contributed by atoms with E-state index in [0.717, 1.165) is 17.7 Å². The summed E-state index contributed by atoms with van der Waals surface area (Å²) >= 11 is 1.31. The van der Waals surface area contributed by atoms with Crippen molar-refractivity contribution in [3.8, 4) is 12.1 Å². The highest BCUT2D eigenvalue weighted by Gasteiger charge is 2.41. The number of carbonyl (C=O) groups is 1. The lowest BCUT2D eigenvalue weighted by Gasteiger charge is -2.36. The summed E-state index contributed by atoms with van der Waals surface area (Å²) in [6.07, 6.45) is 1.28. The summed E-state index contributed by atoms with van der Waals surface area (Å²) in [7, 11) is 0. The molecule has 0 spiro atoms. The number of hydrogen-bond acceptors (Lipinski definition) is 5. The minimum atomic E-state index is -0.405. The number of thioether (sulfide) groups is 1. The first-order valence-electron chi connectivity index (χ1n) is 6.64. The van der Waals surface area contributed by atoms with Gasteiger partial charge in [-0.25, -0.2) is 4.99 Å². The Morgan fingerprint density at radius 1 is 1.40 bits per heavy atom. The quantitative estimate of drug-likeness (QED) is 0.742. The number of aliphatic imine (C=N–C) groups is 1. The lowest BCUT2D eigenvalue weighted by Crippen LogP contribution is -2.35. The summed E-state index contributed by atoms with van der Waals surface area (Å²) in [6, 6.07) is 4.30. The first-order chi connectivity index (χ1) is 9.39. The zero-order chi connectivity index (χ0) is 14.9. The predicted octanol–water partition coefficient (Wildman–Crippen LogP) is 3.07. The summed E-state index contributed by atoms with van der Waals surface area (Å²) in [4.78, 5) is 16.9. The number of hydrogen-bond donors (Lipinski definition) is 0. The molecule has 1 heterocycles. The van der Waals surface area contributed by atoms with Gasteiger partial charge in [0, 0.05) is 23.6 Å². The maximum Gasteiger partial charge on any atom is 0.161 e. The van der Waals surface area contributed by atoms with Gasteiger partial charge in [-0.3, -0.25) is 4.79 Å². The summed E-state index contributed by atoms with van der Waals surface area (Å²) < 4.78 is 0. The third-order valence-corrected chi connectivity index (χ3v) is 4.70. The van der Waals surface area contributed by atoms with Crippen molar-refractivity contribution in [1.29, 1.82) is 10.5 Å². The molecule has 5 heteroatoms. The Balaban J connectivity index is 2.44. The third kappa shape index (κ3) is 2.64. The van der Waals surface area contributed by atoms with Gasteiger partial charge in [-0.05, 0) is 11.8 Å².